The van der Waals surface area contributed by atoms with Crippen LogP contribution in [-0.2, 0) is 9.63 Å². The van der Waals surface area contributed by atoms with Crippen molar-refractivity contribution in [3.8, 4) is 0 Å². The molecule has 0 bridgehead atoms. The third kappa shape index (κ3) is 3.36. The van der Waals surface area contributed by atoms with E-state index >= 15 is 0 Å². The van der Waals surface area contributed by atoms with Gasteiger partial charge in [-0.3, -0.25) is 4.79 Å². The van der Waals surface area contributed by atoms with E-state index in [4.69, 9.17) is 4.84 Å². The van der Waals surface area contributed by atoms with Crippen LogP contribution in [0.4, 0.5) is 0 Å². The van der Waals surface area contributed by atoms with Crippen LogP contribution in [0.25, 0.3) is 0 Å². The van der Waals surface area contributed by atoms with E-state index in [1.165, 1.54) is 0 Å². The molecular formula is C23H37ClN2O3. The van der Waals surface area contributed by atoms with Gasteiger partial charge in [-0.25, -0.2) is 0 Å². The van der Waals surface area contributed by atoms with Gasteiger partial charge in [-0.05, 0) is 80.6 Å². The summed E-state index contributed by atoms with van der Waals surface area (Å²) in [5, 5.41) is 19.0. The second-order valence-corrected chi connectivity index (χ2v) is 10.8. The van der Waals surface area contributed by atoms with Crippen LogP contribution in [0.5, 0.6) is 0 Å². The van der Waals surface area contributed by atoms with Crippen molar-refractivity contribution >= 4 is 23.9 Å². The summed E-state index contributed by atoms with van der Waals surface area (Å²) in [6.07, 6.45) is 8.80. The minimum Gasteiger partial charge on any atom is -0.393 e. The SMILES string of the molecule is C[C@]12CCC(=NO[C@H]3CCNC3)CC1C(O)C[C@@H]1[C@H]2CC[C@]2(C)C(=O)CC[C@@H]12.Cl. The summed E-state index contributed by atoms with van der Waals surface area (Å²) < 4.78 is 0. The van der Waals surface area contributed by atoms with Crippen LogP contribution in [0.1, 0.15) is 71.6 Å². The Kier molecular flexibility index (Phi) is 5.80. The van der Waals surface area contributed by atoms with Gasteiger partial charge in [-0.2, -0.15) is 0 Å². The zero-order valence-corrected chi connectivity index (χ0v) is 18.7. The van der Waals surface area contributed by atoms with Crippen molar-refractivity contribution in [2.75, 3.05) is 13.1 Å². The number of fused-ring (bicyclic) bond motifs is 5. The number of ketones is 1. The first-order valence-electron chi connectivity index (χ1n) is 11.6. The Hall–Kier alpha value is -0.650. The summed E-state index contributed by atoms with van der Waals surface area (Å²) in [6.45, 7) is 6.55. The van der Waals surface area contributed by atoms with Gasteiger partial charge in [0.15, 0.2) is 0 Å². The summed E-state index contributed by atoms with van der Waals surface area (Å²) in [4.78, 5) is 18.4. The number of carbonyl (C=O) groups is 1. The largest absolute Gasteiger partial charge is 0.393 e. The lowest BCUT2D eigenvalue weighted by atomic mass is 9.44. The van der Waals surface area contributed by atoms with E-state index in [2.05, 4.69) is 24.3 Å². The quantitative estimate of drug-likeness (QED) is 0.662. The number of rotatable bonds is 2. The first kappa shape index (κ1) is 21.6. The zero-order chi connectivity index (χ0) is 19.5. The Balaban J connectivity index is 0.00000205. The van der Waals surface area contributed by atoms with Crippen molar-refractivity contribution in [3.63, 3.8) is 0 Å². The third-order valence-electron chi connectivity index (χ3n) is 9.57. The number of hydrogen-bond donors (Lipinski definition) is 2. The van der Waals surface area contributed by atoms with Crippen molar-refractivity contribution in [3.05, 3.63) is 0 Å². The summed E-state index contributed by atoms with van der Waals surface area (Å²) in [6, 6.07) is 0. The molecule has 0 aromatic carbocycles. The Labute approximate surface area is 180 Å². The fourth-order valence-electron chi connectivity index (χ4n) is 7.82. The van der Waals surface area contributed by atoms with Crippen molar-refractivity contribution in [2.45, 2.75) is 83.8 Å². The first-order valence-corrected chi connectivity index (χ1v) is 11.6. The fourth-order valence-corrected chi connectivity index (χ4v) is 7.82. The maximum atomic E-state index is 12.6. The molecule has 0 aromatic rings. The van der Waals surface area contributed by atoms with Gasteiger partial charge in [0, 0.05) is 24.8 Å². The summed E-state index contributed by atoms with van der Waals surface area (Å²) in [5.41, 5.74) is 1.20. The molecule has 164 valence electrons. The summed E-state index contributed by atoms with van der Waals surface area (Å²) >= 11 is 0. The molecule has 5 fully saturated rings. The van der Waals surface area contributed by atoms with E-state index in [0.29, 0.717) is 23.5 Å². The molecule has 2 N–H and O–H groups in total. The lowest BCUT2D eigenvalue weighted by molar-refractivity contribution is -0.153. The van der Waals surface area contributed by atoms with E-state index in [1.54, 1.807) is 0 Å². The molecule has 4 saturated carbocycles. The number of nitrogens with one attached hydrogen (secondary N) is 1. The molecule has 0 radical (unpaired) electrons. The number of hydrogen-bond acceptors (Lipinski definition) is 5. The maximum absolute atomic E-state index is 12.6. The molecule has 29 heavy (non-hydrogen) atoms. The van der Waals surface area contributed by atoms with Gasteiger partial charge in [0.1, 0.15) is 11.9 Å². The molecule has 1 saturated heterocycles. The van der Waals surface area contributed by atoms with Crippen molar-refractivity contribution < 1.29 is 14.7 Å². The molecule has 5 nitrogen and oxygen atoms in total. The minimum absolute atomic E-state index is 0. The van der Waals surface area contributed by atoms with Gasteiger partial charge >= 0.3 is 0 Å². The smallest absolute Gasteiger partial charge is 0.141 e. The highest BCUT2D eigenvalue weighted by Crippen LogP contribution is 2.65. The third-order valence-corrected chi connectivity index (χ3v) is 9.57. The van der Waals surface area contributed by atoms with E-state index < -0.39 is 0 Å². The van der Waals surface area contributed by atoms with Gasteiger partial charge in [0.2, 0.25) is 0 Å². The van der Waals surface area contributed by atoms with E-state index in [9.17, 15) is 9.90 Å². The monoisotopic (exact) mass is 424 g/mol. The molecule has 0 spiro atoms. The van der Waals surface area contributed by atoms with Gasteiger partial charge in [-0.1, -0.05) is 19.0 Å². The topological polar surface area (TPSA) is 70.9 Å². The second kappa shape index (κ2) is 7.80. The number of oxime groups is 1. The zero-order valence-electron chi connectivity index (χ0n) is 17.9. The highest BCUT2D eigenvalue weighted by atomic mass is 35.5. The number of halogens is 1. The maximum Gasteiger partial charge on any atom is 0.141 e. The number of carbonyl (C=O) groups excluding carboxylic acids is 1. The van der Waals surface area contributed by atoms with E-state index in [-0.39, 0.29) is 41.4 Å². The molecule has 2 unspecified atom stereocenters. The Bertz CT molecular complexity index is 679. The fraction of sp³-hybridized carbons (Fsp3) is 0.913. The lowest BCUT2D eigenvalue weighted by Gasteiger charge is -2.60. The number of aliphatic hydroxyl groups is 1. The molecule has 6 heteroatoms. The predicted octanol–water partition coefficient (Wildman–Crippen LogP) is 3.73. The van der Waals surface area contributed by atoms with Crippen molar-refractivity contribution in [2.24, 2.45) is 39.7 Å². The Morgan fingerprint density at radius 2 is 1.93 bits per heavy atom. The Morgan fingerprint density at radius 3 is 2.69 bits per heavy atom. The van der Waals surface area contributed by atoms with E-state index in [0.717, 1.165) is 76.6 Å². The standard InChI is InChI=1S/C23H36N2O3.ClH/c1-22-8-5-14(25-28-15-7-10-24-13-15)11-19(22)20(26)12-16-17-3-4-21(27)23(17,2)9-6-18(16)22;/h15-20,24,26H,3-13H2,1-2H3;1H/t15-,16-,17-,18+,19?,20?,22+,23-;/m0./s1. The first-order chi connectivity index (χ1) is 13.4. The van der Waals surface area contributed by atoms with Gasteiger partial charge in [-0.15, -0.1) is 12.4 Å². The average molecular weight is 425 g/mol. The highest BCUT2D eigenvalue weighted by molar-refractivity contribution is 5.87. The van der Waals surface area contributed by atoms with Gasteiger partial charge in [0.05, 0.1) is 11.8 Å². The molecule has 5 aliphatic rings. The molecule has 0 aromatic heterocycles. The van der Waals surface area contributed by atoms with Gasteiger partial charge in [0.25, 0.3) is 0 Å². The molecule has 1 heterocycles. The van der Waals surface area contributed by atoms with Crippen LogP contribution in [0.2, 0.25) is 0 Å². The highest BCUT2D eigenvalue weighted by Gasteiger charge is 2.61. The average Bonchev–Trinajstić information content (AvgIpc) is 3.29. The molecule has 0 amide bonds. The lowest BCUT2D eigenvalue weighted by Crippen LogP contribution is -2.57. The number of nitrogens with zero attached hydrogens (tertiary/aromatic N) is 1. The minimum atomic E-state index is -0.275. The van der Waals surface area contributed by atoms with Crippen LogP contribution >= 0.6 is 12.4 Å². The molecule has 1 aliphatic heterocycles. The van der Waals surface area contributed by atoms with Crippen LogP contribution in [0, 0.1) is 34.5 Å². The molecular weight excluding hydrogens is 388 g/mol. The molecule has 4 aliphatic carbocycles. The van der Waals surface area contributed by atoms with Crippen LogP contribution < -0.4 is 5.32 Å². The molecule has 5 rings (SSSR count). The number of Topliss-reactive ketones (excluding diaryl/α,β-unsaturated/α-hetero) is 1. The normalized spacial score (nSPS) is 50.4. The van der Waals surface area contributed by atoms with Crippen LogP contribution in [-0.4, -0.2) is 41.9 Å². The number of aliphatic hydroxyl groups excluding tert-OH is 1. The van der Waals surface area contributed by atoms with E-state index in [1.807, 2.05) is 0 Å². The summed E-state index contributed by atoms with van der Waals surface area (Å²) in [7, 11) is 0. The van der Waals surface area contributed by atoms with Crippen LogP contribution in [0.3, 0.4) is 0 Å². The van der Waals surface area contributed by atoms with Crippen molar-refractivity contribution in [1.82, 2.24) is 5.32 Å². The van der Waals surface area contributed by atoms with Crippen LogP contribution in [0.15, 0.2) is 5.16 Å². The second-order valence-electron chi connectivity index (χ2n) is 10.8. The summed E-state index contributed by atoms with van der Waals surface area (Å²) in [5.74, 6) is 2.41. The Morgan fingerprint density at radius 1 is 1.10 bits per heavy atom. The predicted molar refractivity (Wildman–Crippen MR) is 115 cm³/mol. The van der Waals surface area contributed by atoms with Crippen molar-refractivity contribution in [1.29, 1.82) is 0 Å². The molecule has 8 atom stereocenters. The van der Waals surface area contributed by atoms with Gasteiger partial charge < -0.3 is 15.3 Å².